The van der Waals surface area contributed by atoms with Crippen molar-refractivity contribution in [2.24, 2.45) is 5.92 Å². The summed E-state index contributed by atoms with van der Waals surface area (Å²) in [5, 5.41) is 2.83. The van der Waals surface area contributed by atoms with Gasteiger partial charge in [0.15, 0.2) is 11.5 Å². The van der Waals surface area contributed by atoms with E-state index in [1.54, 1.807) is 30.3 Å². The maximum absolute atomic E-state index is 12.8. The fourth-order valence-electron chi connectivity index (χ4n) is 3.01. The lowest BCUT2D eigenvalue weighted by atomic mass is 10.2. The van der Waals surface area contributed by atoms with Gasteiger partial charge in [0, 0.05) is 43.5 Å². The molecule has 0 unspecified atom stereocenters. The van der Waals surface area contributed by atoms with Gasteiger partial charge in [-0.2, -0.15) is 0 Å². The maximum atomic E-state index is 12.8. The van der Waals surface area contributed by atoms with Crippen molar-refractivity contribution in [1.29, 1.82) is 0 Å². The third-order valence-corrected chi connectivity index (χ3v) is 6.01. The number of carbonyl (C=O) groups is 1. The molecule has 0 saturated carbocycles. The van der Waals surface area contributed by atoms with Crippen LogP contribution in [-0.4, -0.2) is 47.3 Å². The number of hydrogen-bond acceptors (Lipinski definition) is 6. The van der Waals surface area contributed by atoms with Crippen LogP contribution in [0.5, 0.6) is 11.5 Å². The molecule has 0 aromatic heterocycles. The first-order chi connectivity index (χ1) is 15.3. The molecule has 0 fully saturated rings. The fourth-order valence-corrected chi connectivity index (χ4v) is 4.09. The van der Waals surface area contributed by atoms with E-state index >= 15 is 0 Å². The summed E-state index contributed by atoms with van der Waals surface area (Å²) in [6.07, 6.45) is 1.47. The minimum Gasteiger partial charge on any atom is -0.490 e. The molecule has 0 spiro atoms. The van der Waals surface area contributed by atoms with E-state index in [1.165, 1.54) is 12.1 Å². The number of hydrogen-bond donors (Lipinski definition) is 2. The average Bonchev–Trinajstić information content (AvgIpc) is 3.01. The van der Waals surface area contributed by atoms with E-state index in [-0.39, 0.29) is 10.8 Å². The smallest absolute Gasteiger partial charge is 0.262 e. The third-order valence-electron chi connectivity index (χ3n) is 4.63. The normalized spacial score (nSPS) is 13.5. The zero-order valence-electron chi connectivity index (χ0n) is 18.4. The van der Waals surface area contributed by atoms with Crippen molar-refractivity contribution in [2.75, 3.05) is 37.7 Å². The third kappa shape index (κ3) is 6.86. The summed E-state index contributed by atoms with van der Waals surface area (Å²) in [5.41, 5.74) is 0.808. The predicted molar refractivity (Wildman–Crippen MR) is 122 cm³/mol. The Morgan fingerprint density at radius 1 is 1.06 bits per heavy atom. The van der Waals surface area contributed by atoms with E-state index in [1.807, 2.05) is 0 Å². The van der Waals surface area contributed by atoms with Gasteiger partial charge in [-0.1, -0.05) is 13.8 Å². The summed E-state index contributed by atoms with van der Waals surface area (Å²) in [7, 11) is -3.82. The average molecular weight is 463 g/mol. The summed E-state index contributed by atoms with van der Waals surface area (Å²) >= 11 is 0. The number of benzene rings is 2. The lowest BCUT2D eigenvalue weighted by molar-refractivity contribution is 0.0925. The molecule has 0 saturated heterocycles. The van der Waals surface area contributed by atoms with Crippen LogP contribution in [0, 0.1) is 5.92 Å². The van der Waals surface area contributed by atoms with Gasteiger partial charge < -0.3 is 19.5 Å². The summed E-state index contributed by atoms with van der Waals surface area (Å²) in [6, 6.07) is 10.8. The van der Waals surface area contributed by atoms with Crippen molar-refractivity contribution < 1.29 is 27.4 Å². The summed E-state index contributed by atoms with van der Waals surface area (Å²) in [5.74, 6) is 1.21. The van der Waals surface area contributed by atoms with Crippen molar-refractivity contribution in [3.63, 3.8) is 0 Å². The molecule has 2 N–H and O–H groups in total. The van der Waals surface area contributed by atoms with Crippen molar-refractivity contribution >= 4 is 21.6 Å². The predicted octanol–water partition coefficient (Wildman–Crippen LogP) is 3.44. The second-order valence-corrected chi connectivity index (χ2v) is 9.60. The lowest BCUT2D eigenvalue weighted by Crippen LogP contribution is -2.25. The summed E-state index contributed by atoms with van der Waals surface area (Å²) in [4.78, 5) is 12.3. The highest BCUT2D eigenvalue weighted by Gasteiger charge is 2.19. The Balaban J connectivity index is 1.54. The molecule has 1 aliphatic rings. The van der Waals surface area contributed by atoms with Crippen LogP contribution < -0.4 is 19.5 Å². The van der Waals surface area contributed by atoms with Gasteiger partial charge in [0.1, 0.15) is 0 Å². The van der Waals surface area contributed by atoms with Crippen LogP contribution in [0.4, 0.5) is 5.69 Å². The monoisotopic (exact) mass is 462 g/mol. The molecule has 3 rings (SSSR count). The van der Waals surface area contributed by atoms with E-state index in [9.17, 15) is 13.2 Å². The first-order valence-corrected chi connectivity index (χ1v) is 12.2. The lowest BCUT2D eigenvalue weighted by Gasteiger charge is -2.12. The molecule has 174 valence electrons. The molecule has 0 bridgehead atoms. The van der Waals surface area contributed by atoms with Crippen LogP contribution in [-0.2, 0) is 14.8 Å². The minimum atomic E-state index is -3.82. The number of rotatable bonds is 10. The molecular formula is C23H30N2O6S. The zero-order chi connectivity index (χ0) is 23.0. The molecule has 0 radical (unpaired) electrons. The Hall–Kier alpha value is -2.78. The first-order valence-electron chi connectivity index (χ1n) is 10.7. The van der Waals surface area contributed by atoms with Crippen LogP contribution in [0.25, 0.3) is 0 Å². The standard InChI is InChI=1S/C23H30N2O6S/c1-17(2)16-29-12-3-11-24-23(26)18-5-7-19(8-6-18)25-32(27,28)20-9-10-21-22(15-20)31-14-4-13-30-21/h5-10,15,17,25H,3-4,11-14,16H2,1-2H3,(H,24,26). The Kier molecular flexibility index (Phi) is 8.35. The quantitative estimate of drug-likeness (QED) is 0.525. The molecular weight excluding hydrogens is 432 g/mol. The van der Waals surface area contributed by atoms with Crippen LogP contribution in [0.3, 0.4) is 0 Å². The van der Waals surface area contributed by atoms with E-state index in [4.69, 9.17) is 14.2 Å². The van der Waals surface area contributed by atoms with E-state index in [0.29, 0.717) is 61.6 Å². The Morgan fingerprint density at radius 3 is 2.50 bits per heavy atom. The van der Waals surface area contributed by atoms with Gasteiger partial charge in [-0.25, -0.2) is 8.42 Å². The topological polar surface area (TPSA) is 103 Å². The molecule has 8 nitrogen and oxygen atoms in total. The molecule has 9 heteroatoms. The van der Waals surface area contributed by atoms with Crippen LogP contribution in [0.1, 0.15) is 37.0 Å². The van der Waals surface area contributed by atoms with E-state index < -0.39 is 10.0 Å². The number of fused-ring (bicyclic) bond motifs is 1. The van der Waals surface area contributed by atoms with E-state index in [0.717, 1.165) is 12.8 Å². The van der Waals surface area contributed by atoms with Gasteiger partial charge in [-0.05, 0) is 48.7 Å². The van der Waals surface area contributed by atoms with E-state index in [2.05, 4.69) is 23.9 Å². The van der Waals surface area contributed by atoms with Crippen LogP contribution >= 0.6 is 0 Å². The number of anilines is 1. The molecule has 1 aliphatic heterocycles. The molecule has 2 aromatic rings. The highest BCUT2D eigenvalue weighted by Crippen LogP contribution is 2.32. The van der Waals surface area contributed by atoms with Gasteiger partial charge in [-0.15, -0.1) is 0 Å². The second-order valence-electron chi connectivity index (χ2n) is 7.92. The summed E-state index contributed by atoms with van der Waals surface area (Å²) in [6.45, 7) is 6.99. The highest BCUT2D eigenvalue weighted by molar-refractivity contribution is 7.92. The molecule has 0 aliphatic carbocycles. The molecule has 2 aromatic carbocycles. The minimum absolute atomic E-state index is 0.0725. The molecule has 32 heavy (non-hydrogen) atoms. The molecule has 0 atom stereocenters. The van der Waals surface area contributed by atoms with Crippen molar-refractivity contribution in [3.05, 3.63) is 48.0 Å². The zero-order valence-corrected chi connectivity index (χ0v) is 19.2. The van der Waals surface area contributed by atoms with Gasteiger partial charge in [0.2, 0.25) is 0 Å². The van der Waals surface area contributed by atoms with Crippen molar-refractivity contribution in [1.82, 2.24) is 5.32 Å². The van der Waals surface area contributed by atoms with Crippen molar-refractivity contribution in [3.8, 4) is 11.5 Å². The Bertz CT molecular complexity index is 1010. The SMILES string of the molecule is CC(C)COCCCNC(=O)c1ccc(NS(=O)(=O)c2ccc3c(c2)OCCCO3)cc1. The fraction of sp³-hybridized carbons (Fsp3) is 0.435. The number of amides is 1. The second kappa shape index (κ2) is 11.2. The van der Waals surface area contributed by atoms with Crippen LogP contribution in [0.15, 0.2) is 47.4 Å². The van der Waals surface area contributed by atoms with Gasteiger partial charge in [0.25, 0.3) is 15.9 Å². The Morgan fingerprint density at radius 2 is 1.78 bits per heavy atom. The summed E-state index contributed by atoms with van der Waals surface area (Å²) < 4.78 is 44.7. The number of ether oxygens (including phenoxy) is 3. The maximum Gasteiger partial charge on any atom is 0.262 e. The van der Waals surface area contributed by atoms with Gasteiger partial charge in [0.05, 0.1) is 18.1 Å². The largest absolute Gasteiger partial charge is 0.490 e. The molecule has 1 amide bonds. The number of sulfonamides is 1. The van der Waals surface area contributed by atoms with Crippen LogP contribution in [0.2, 0.25) is 0 Å². The Labute approximate surface area is 189 Å². The molecule has 1 heterocycles. The van der Waals surface area contributed by atoms with Gasteiger partial charge >= 0.3 is 0 Å². The first kappa shape index (κ1) is 23.9. The number of nitrogens with one attached hydrogen (secondary N) is 2. The van der Waals surface area contributed by atoms with Crippen molar-refractivity contribution in [2.45, 2.75) is 31.6 Å². The number of carbonyl (C=O) groups excluding carboxylic acids is 1. The van der Waals surface area contributed by atoms with Gasteiger partial charge in [-0.3, -0.25) is 9.52 Å². The highest BCUT2D eigenvalue weighted by atomic mass is 32.2.